The van der Waals surface area contributed by atoms with E-state index in [1.165, 1.54) is 16.4 Å². The number of ether oxygens (including phenoxy) is 1. The third kappa shape index (κ3) is 6.66. The van der Waals surface area contributed by atoms with Crippen LogP contribution in [-0.2, 0) is 16.6 Å². The highest BCUT2D eigenvalue weighted by Crippen LogP contribution is 2.27. The SMILES string of the molecule is CCCCOc1ccc(C(=O)Nc2ccc(S(=O)(=O)N(C)Cc3ccccc3)cc2)cc1Br. The summed E-state index contributed by atoms with van der Waals surface area (Å²) in [7, 11) is -2.11. The molecule has 0 atom stereocenters. The Morgan fingerprint density at radius 1 is 1.03 bits per heavy atom. The summed E-state index contributed by atoms with van der Waals surface area (Å²) in [5.74, 6) is 0.391. The number of sulfonamides is 1. The maximum atomic E-state index is 12.9. The van der Waals surface area contributed by atoms with E-state index < -0.39 is 10.0 Å². The zero-order valence-corrected chi connectivity index (χ0v) is 21.0. The fourth-order valence-corrected chi connectivity index (χ4v) is 4.76. The molecule has 0 unspecified atom stereocenters. The Bertz CT molecular complexity index is 1180. The van der Waals surface area contributed by atoms with E-state index in [9.17, 15) is 13.2 Å². The second-order valence-corrected chi connectivity index (χ2v) is 10.5. The van der Waals surface area contributed by atoms with E-state index >= 15 is 0 Å². The van der Waals surface area contributed by atoms with Crippen LogP contribution in [-0.4, -0.2) is 32.3 Å². The molecule has 0 fully saturated rings. The van der Waals surface area contributed by atoms with Gasteiger partial charge in [-0.15, -0.1) is 0 Å². The van der Waals surface area contributed by atoms with E-state index in [-0.39, 0.29) is 17.3 Å². The van der Waals surface area contributed by atoms with Gasteiger partial charge in [0.2, 0.25) is 10.0 Å². The molecule has 3 aromatic carbocycles. The van der Waals surface area contributed by atoms with Gasteiger partial charge in [-0.2, -0.15) is 4.31 Å². The van der Waals surface area contributed by atoms with E-state index in [4.69, 9.17) is 4.74 Å². The number of unbranched alkanes of at least 4 members (excludes halogenated alkanes) is 1. The van der Waals surface area contributed by atoms with E-state index in [1.807, 2.05) is 30.3 Å². The molecule has 0 bridgehead atoms. The van der Waals surface area contributed by atoms with Crippen molar-refractivity contribution in [1.82, 2.24) is 4.31 Å². The van der Waals surface area contributed by atoms with Crippen molar-refractivity contribution in [3.05, 3.63) is 88.4 Å². The van der Waals surface area contributed by atoms with Gasteiger partial charge in [0.15, 0.2) is 0 Å². The molecular formula is C25H27BrN2O4S. The number of benzene rings is 3. The predicted octanol–water partition coefficient (Wildman–Crippen LogP) is 5.70. The average molecular weight is 531 g/mol. The topological polar surface area (TPSA) is 75.7 Å². The zero-order chi connectivity index (χ0) is 23.8. The molecule has 33 heavy (non-hydrogen) atoms. The summed E-state index contributed by atoms with van der Waals surface area (Å²) < 4.78 is 33.5. The van der Waals surface area contributed by atoms with Crippen molar-refractivity contribution in [1.29, 1.82) is 0 Å². The van der Waals surface area contributed by atoms with Gasteiger partial charge < -0.3 is 10.1 Å². The minimum Gasteiger partial charge on any atom is -0.492 e. The lowest BCUT2D eigenvalue weighted by atomic mass is 10.2. The summed E-state index contributed by atoms with van der Waals surface area (Å²) >= 11 is 3.45. The standard InChI is InChI=1S/C25H27BrN2O4S/c1-3-4-16-32-24-15-10-20(17-23(24)26)25(29)27-21-11-13-22(14-12-21)33(30,31)28(2)18-19-8-6-5-7-9-19/h5-15,17H,3-4,16,18H2,1-2H3,(H,27,29). The van der Waals surface area contributed by atoms with Crippen LogP contribution in [0.15, 0.2) is 82.2 Å². The molecule has 0 saturated heterocycles. The van der Waals surface area contributed by atoms with Crippen molar-refractivity contribution in [2.24, 2.45) is 0 Å². The molecule has 0 heterocycles. The highest BCUT2D eigenvalue weighted by molar-refractivity contribution is 9.10. The number of nitrogens with zero attached hydrogens (tertiary/aromatic N) is 1. The van der Waals surface area contributed by atoms with Gasteiger partial charge in [0.1, 0.15) is 5.75 Å². The fraction of sp³-hybridized carbons (Fsp3) is 0.240. The van der Waals surface area contributed by atoms with Gasteiger partial charge in [0.05, 0.1) is 16.0 Å². The number of nitrogens with one attached hydrogen (secondary N) is 1. The number of hydrogen-bond donors (Lipinski definition) is 1. The summed E-state index contributed by atoms with van der Waals surface area (Å²) in [5.41, 5.74) is 1.87. The molecule has 0 aliphatic carbocycles. The Kier molecular flexibility index (Phi) is 8.66. The number of hydrogen-bond acceptors (Lipinski definition) is 4. The molecule has 0 spiro atoms. The monoisotopic (exact) mass is 530 g/mol. The third-order valence-corrected chi connectivity index (χ3v) is 7.46. The Labute approximate surface area is 203 Å². The number of rotatable bonds is 10. The van der Waals surface area contributed by atoms with Crippen LogP contribution in [0.5, 0.6) is 5.75 Å². The van der Waals surface area contributed by atoms with Crippen LogP contribution in [0.2, 0.25) is 0 Å². The van der Waals surface area contributed by atoms with Crippen molar-refractivity contribution in [2.75, 3.05) is 19.0 Å². The first-order chi connectivity index (χ1) is 15.8. The Morgan fingerprint density at radius 3 is 2.36 bits per heavy atom. The molecule has 1 N–H and O–H groups in total. The summed E-state index contributed by atoms with van der Waals surface area (Å²) in [4.78, 5) is 12.8. The van der Waals surface area contributed by atoms with Crippen molar-refractivity contribution < 1.29 is 17.9 Å². The van der Waals surface area contributed by atoms with Crippen LogP contribution in [0.3, 0.4) is 0 Å². The molecule has 174 valence electrons. The van der Waals surface area contributed by atoms with Crippen LogP contribution < -0.4 is 10.1 Å². The predicted molar refractivity (Wildman–Crippen MR) is 134 cm³/mol. The normalized spacial score (nSPS) is 11.4. The summed E-state index contributed by atoms with van der Waals surface area (Å²) in [6.07, 6.45) is 2.00. The zero-order valence-electron chi connectivity index (χ0n) is 18.6. The quantitative estimate of drug-likeness (QED) is 0.341. The first kappa shape index (κ1) is 25.0. The lowest BCUT2D eigenvalue weighted by molar-refractivity contribution is 0.102. The van der Waals surface area contributed by atoms with Gasteiger partial charge >= 0.3 is 0 Å². The minimum atomic E-state index is -3.65. The van der Waals surface area contributed by atoms with Crippen molar-refractivity contribution >= 4 is 37.5 Å². The fourth-order valence-electron chi connectivity index (χ4n) is 3.10. The van der Waals surface area contributed by atoms with Crippen molar-refractivity contribution in [2.45, 2.75) is 31.2 Å². The minimum absolute atomic E-state index is 0.162. The van der Waals surface area contributed by atoms with Gasteiger partial charge in [-0.3, -0.25) is 4.79 Å². The average Bonchev–Trinajstić information content (AvgIpc) is 2.81. The maximum Gasteiger partial charge on any atom is 0.255 e. The summed E-state index contributed by atoms with van der Waals surface area (Å²) in [5, 5.41) is 2.80. The molecule has 8 heteroatoms. The first-order valence-corrected chi connectivity index (χ1v) is 12.9. The molecule has 3 aromatic rings. The molecule has 3 rings (SSSR count). The van der Waals surface area contributed by atoms with E-state index in [2.05, 4.69) is 28.2 Å². The van der Waals surface area contributed by atoms with Gasteiger partial charge in [0.25, 0.3) is 5.91 Å². The molecule has 1 amide bonds. The number of amides is 1. The molecule has 6 nitrogen and oxygen atoms in total. The van der Waals surface area contributed by atoms with Gasteiger partial charge in [-0.25, -0.2) is 8.42 Å². The smallest absolute Gasteiger partial charge is 0.255 e. The molecule has 0 saturated carbocycles. The number of carbonyl (C=O) groups is 1. The largest absolute Gasteiger partial charge is 0.492 e. The number of halogens is 1. The Balaban J connectivity index is 1.65. The number of carbonyl (C=O) groups excluding carboxylic acids is 1. The maximum absolute atomic E-state index is 12.9. The van der Waals surface area contributed by atoms with Crippen LogP contribution in [0, 0.1) is 0 Å². The van der Waals surface area contributed by atoms with Crippen LogP contribution in [0.1, 0.15) is 35.7 Å². The summed E-state index contributed by atoms with van der Waals surface area (Å²) in [6.45, 7) is 2.99. The van der Waals surface area contributed by atoms with E-state index in [0.29, 0.717) is 28.1 Å². The highest BCUT2D eigenvalue weighted by Gasteiger charge is 2.21. The molecule has 0 aromatic heterocycles. The van der Waals surface area contributed by atoms with Gasteiger partial charge in [-0.1, -0.05) is 43.7 Å². The molecule has 0 aliphatic heterocycles. The number of anilines is 1. The highest BCUT2D eigenvalue weighted by atomic mass is 79.9. The van der Waals surface area contributed by atoms with Crippen LogP contribution in [0.4, 0.5) is 5.69 Å². The second-order valence-electron chi connectivity index (χ2n) is 7.57. The summed E-state index contributed by atoms with van der Waals surface area (Å²) in [6, 6.07) is 20.7. The molecular weight excluding hydrogens is 504 g/mol. The van der Waals surface area contributed by atoms with Crippen molar-refractivity contribution in [3.63, 3.8) is 0 Å². The second kappa shape index (κ2) is 11.4. The lowest BCUT2D eigenvalue weighted by Gasteiger charge is -2.17. The first-order valence-electron chi connectivity index (χ1n) is 10.7. The molecule has 0 aliphatic rings. The van der Waals surface area contributed by atoms with Crippen LogP contribution in [0.25, 0.3) is 0 Å². The van der Waals surface area contributed by atoms with E-state index in [0.717, 1.165) is 18.4 Å². The Hall–Kier alpha value is -2.68. The van der Waals surface area contributed by atoms with E-state index in [1.54, 1.807) is 37.4 Å². The Morgan fingerprint density at radius 2 is 1.73 bits per heavy atom. The molecule has 0 radical (unpaired) electrons. The van der Waals surface area contributed by atoms with Crippen molar-refractivity contribution in [3.8, 4) is 5.75 Å². The lowest BCUT2D eigenvalue weighted by Crippen LogP contribution is -2.26. The van der Waals surface area contributed by atoms with Gasteiger partial charge in [-0.05, 0) is 70.4 Å². The third-order valence-electron chi connectivity index (χ3n) is 5.02. The van der Waals surface area contributed by atoms with Crippen LogP contribution >= 0.6 is 15.9 Å². The van der Waals surface area contributed by atoms with Gasteiger partial charge in [0, 0.05) is 24.8 Å².